The van der Waals surface area contributed by atoms with Gasteiger partial charge in [0.25, 0.3) is 0 Å². The van der Waals surface area contributed by atoms with Crippen LogP contribution >= 0.6 is 0 Å². The van der Waals surface area contributed by atoms with E-state index in [4.69, 9.17) is 0 Å². The molecule has 0 aromatic heterocycles. The summed E-state index contributed by atoms with van der Waals surface area (Å²) in [6, 6.07) is 10.5. The van der Waals surface area contributed by atoms with E-state index in [0.29, 0.717) is 12.6 Å². The zero-order chi connectivity index (χ0) is 13.1. The molecule has 3 nitrogen and oxygen atoms in total. The van der Waals surface area contributed by atoms with Crippen LogP contribution < -0.4 is 5.32 Å². The highest BCUT2D eigenvalue weighted by atomic mass is 16.2. The Morgan fingerprint density at radius 1 is 1.16 bits per heavy atom. The summed E-state index contributed by atoms with van der Waals surface area (Å²) < 4.78 is 0. The van der Waals surface area contributed by atoms with E-state index in [2.05, 4.69) is 10.2 Å². The van der Waals surface area contributed by atoms with Crippen molar-refractivity contribution >= 4 is 11.6 Å². The first-order valence-corrected chi connectivity index (χ1v) is 7.43. The molecule has 1 saturated heterocycles. The van der Waals surface area contributed by atoms with Gasteiger partial charge in [-0.1, -0.05) is 31.0 Å². The number of hydrogen-bond acceptors (Lipinski definition) is 2. The first kappa shape index (κ1) is 12.5. The van der Waals surface area contributed by atoms with Crippen LogP contribution in [-0.4, -0.2) is 29.9 Å². The van der Waals surface area contributed by atoms with Crippen molar-refractivity contribution in [2.45, 2.75) is 38.1 Å². The molecule has 0 radical (unpaired) electrons. The minimum Gasteiger partial charge on any atom is -0.376 e. The summed E-state index contributed by atoms with van der Waals surface area (Å²) in [4.78, 5) is 14.5. The average Bonchev–Trinajstić information content (AvgIpc) is 2.90. The lowest BCUT2D eigenvalue weighted by molar-refractivity contribution is -0.130. The maximum absolute atomic E-state index is 12.3. The van der Waals surface area contributed by atoms with E-state index >= 15 is 0 Å². The fourth-order valence-corrected chi connectivity index (χ4v) is 3.55. The number of nitrogens with zero attached hydrogens (tertiary/aromatic N) is 1. The van der Waals surface area contributed by atoms with E-state index in [0.717, 1.165) is 18.2 Å². The Morgan fingerprint density at radius 3 is 2.79 bits per heavy atom. The molecule has 1 aromatic carbocycles. The minimum atomic E-state index is 0.262. The van der Waals surface area contributed by atoms with Crippen molar-refractivity contribution in [1.82, 2.24) is 4.90 Å². The molecule has 3 rings (SSSR count). The largest absolute Gasteiger partial charge is 0.376 e. The zero-order valence-corrected chi connectivity index (χ0v) is 11.3. The number of amides is 1. The van der Waals surface area contributed by atoms with Crippen LogP contribution in [0, 0.1) is 5.92 Å². The molecule has 1 saturated carbocycles. The fourth-order valence-electron chi connectivity index (χ4n) is 3.55. The number of fused-ring (bicyclic) bond motifs is 1. The van der Waals surface area contributed by atoms with Gasteiger partial charge in [0.1, 0.15) is 0 Å². The molecule has 0 bridgehead atoms. The van der Waals surface area contributed by atoms with E-state index < -0.39 is 0 Å². The second-order valence-corrected chi connectivity index (χ2v) is 5.71. The summed E-state index contributed by atoms with van der Waals surface area (Å²) >= 11 is 0. The summed E-state index contributed by atoms with van der Waals surface area (Å²) in [5, 5.41) is 3.23. The molecule has 1 aliphatic heterocycles. The number of likely N-dealkylation sites (tertiary alicyclic amines) is 1. The third-order valence-corrected chi connectivity index (χ3v) is 4.55. The van der Waals surface area contributed by atoms with Crippen molar-refractivity contribution in [1.29, 1.82) is 0 Å². The second-order valence-electron chi connectivity index (χ2n) is 5.71. The third kappa shape index (κ3) is 2.75. The first-order valence-electron chi connectivity index (χ1n) is 7.43. The lowest BCUT2D eigenvalue weighted by atomic mass is 9.85. The van der Waals surface area contributed by atoms with Gasteiger partial charge in [-0.05, 0) is 37.3 Å². The SMILES string of the molecule is O=C(CNc1ccccc1)N1CCC2CCCCC21. The number of carbonyl (C=O) groups is 1. The predicted molar refractivity (Wildman–Crippen MR) is 77.0 cm³/mol. The highest BCUT2D eigenvalue weighted by molar-refractivity contribution is 5.81. The van der Waals surface area contributed by atoms with Gasteiger partial charge >= 0.3 is 0 Å². The van der Waals surface area contributed by atoms with Gasteiger partial charge in [-0.25, -0.2) is 0 Å². The number of hydrogen-bond donors (Lipinski definition) is 1. The van der Waals surface area contributed by atoms with Crippen LogP contribution in [0.15, 0.2) is 30.3 Å². The molecule has 3 heteroatoms. The molecule has 1 heterocycles. The highest BCUT2D eigenvalue weighted by Gasteiger charge is 2.37. The number of carbonyl (C=O) groups excluding carboxylic acids is 1. The Bertz CT molecular complexity index is 432. The predicted octanol–water partition coefficient (Wildman–Crippen LogP) is 2.89. The Labute approximate surface area is 115 Å². The van der Waals surface area contributed by atoms with Crippen LogP contribution in [0.4, 0.5) is 5.69 Å². The van der Waals surface area contributed by atoms with Crippen LogP contribution in [0.5, 0.6) is 0 Å². The monoisotopic (exact) mass is 258 g/mol. The number of benzene rings is 1. The lowest BCUT2D eigenvalue weighted by Crippen LogP contribution is -2.42. The van der Waals surface area contributed by atoms with Gasteiger partial charge in [-0.15, -0.1) is 0 Å². The van der Waals surface area contributed by atoms with Crippen molar-refractivity contribution in [2.24, 2.45) is 5.92 Å². The smallest absolute Gasteiger partial charge is 0.242 e. The van der Waals surface area contributed by atoms with E-state index in [1.165, 1.54) is 32.1 Å². The summed E-state index contributed by atoms with van der Waals surface area (Å²) in [5.41, 5.74) is 1.02. The van der Waals surface area contributed by atoms with Crippen LogP contribution in [0.3, 0.4) is 0 Å². The number of rotatable bonds is 3. The zero-order valence-electron chi connectivity index (χ0n) is 11.3. The van der Waals surface area contributed by atoms with Crippen LogP contribution in [0.25, 0.3) is 0 Å². The second kappa shape index (κ2) is 5.64. The number of anilines is 1. The maximum Gasteiger partial charge on any atom is 0.242 e. The van der Waals surface area contributed by atoms with Gasteiger partial charge in [-0.2, -0.15) is 0 Å². The van der Waals surface area contributed by atoms with Crippen molar-refractivity contribution < 1.29 is 4.79 Å². The van der Waals surface area contributed by atoms with E-state index in [1.54, 1.807) is 0 Å². The quantitative estimate of drug-likeness (QED) is 0.904. The van der Waals surface area contributed by atoms with Gasteiger partial charge in [-0.3, -0.25) is 4.79 Å². The molecular formula is C16H22N2O. The Kier molecular flexibility index (Phi) is 3.72. The first-order chi connectivity index (χ1) is 9.34. The van der Waals surface area contributed by atoms with Crippen molar-refractivity contribution in [2.75, 3.05) is 18.4 Å². The molecule has 0 spiro atoms. The van der Waals surface area contributed by atoms with Crippen molar-refractivity contribution in [3.05, 3.63) is 30.3 Å². The van der Waals surface area contributed by atoms with Gasteiger partial charge in [0, 0.05) is 18.3 Å². The Morgan fingerprint density at radius 2 is 1.95 bits per heavy atom. The molecule has 1 aromatic rings. The molecule has 19 heavy (non-hydrogen) atoms. The molecule has 102 valence electrons. The van der Waals surface area contributed by atoms with Gasteiger partial charge < -0.3 is 10.2 Å². The molecule has 1 aliphatic carbocycles. The normalized spacial score (nSPS) is 26.0. The average molecular weight is 258 g/mol. The maximum atomic E-state index is 12.3. The summed E-state index contributed by atoms with van der Waals surface area (Å²) in [6.07, 6.45) is 6.38. The summed E-state index contributed by atoms with van der Waals surface area (Å²) in [6.45, 7) is 1.39. The Balaban J connectivity index is 1.56. The van der Waals surface area contributed by atoms with Crippen LogP contribution in [0.2, 0.25) is 0 Å². The van der Waals surface area contributed by atoms with E-state index in [1.807, 2.05) is 30.3 Å². The van der Waals surface area contributed by atoms with E-state index in [9.17, 15) is 4.79 Å². The van der Waals surface area contributed by atoms with Crippen molar-refractivity contribution in [3.63, 3.8) is 0 Å². The minimum absolute atomic E-state index is 0.262. The highest BCUT2D eigenvalue weighted by Crippen LogP contribution is 2.36. The molecule has 2 aliphatic rings. The van der Waals surface area contributed by atoms with Crippen LogP contribution in [-0.2, 0) is 4.79 Å². The topological polar surface area (TPSA) is 32.3 Å². The number of para-hydroxylation sites is 1. The standard InChI is InChI=1S/C16H22N2O/c19-16(12-17-14-7-2-1-3-8-14)18-11-10-13-6-4-5-9-15(13)18/h1-3,7-8,13,15,17H,4-6,9-12H2. The molecular weight excluding hydrogens is 236 g/mol. The van der Waals surface area contributed by atoms with Gasteiger partial charge in [0.05, 0.1) is 6.54 Å². The Hall–Kier alpha value is -1.51. The molecule has 2 fully saturated rings. The van der Waals surface area contributed by atoms with Crippen molar-refractivity contribution in [3.8, 4) is 0 Å². The molecule has 1 amide bonds. The summed E-state index contributed by atoms with van der Waals surface area (Å²) in [5.74, 6) is 1.03. The lowest BCUT2D eigenvalue weighted by Gasteiger charge is -2.31. The summed E-state index contributed by atoms with van der Waals surface area (Å²) in [7, 11) is 0. The van der Waals surface area contributed by atoms with Gasteiger partial charge in [0.15, 0.2) is 0 Å². The molecule has 2 unspecified atom stereocenters. The fraction of sp³-hybridized carbons (Fsp3) is 0.562. The van der Waals surface area contributed by atoms with Gasteiger partial charge in [0.2, 0.25) is 5.91 Å². The molecule has 1 N–H and O–H groups in total. The number of nitrogens with one attached hydrogen (secondary N) is 1. The molecule has 2 atom stereocenters. The third-order valence-electron chi connectivity index (χ3n) is 4.55. The van der Waals surface area contributed by atoms with E-state index in [-0.39, 0.29) is 5.91 Å². The van der Waals surface area contributed by atoms with Crippen LogP contribution in [0.1, 0.15) is 32.1 Å².